The minimum atomic E-state index is -0.609. The molecule has 1 heterocycles. The summed E-state index contributed by atoms with van der Waals surface area (Å²) in [5.74, 6) is -1.20. The summed E-state index contributed by atoms with van der Waals surface area (Å²) < 4.78 is 26.7. The Kier molecular flexibility index (Phi) is 5.11. The summed E-state index contributed by atoms with van der Waals surface area (Å²) in [6.07, 6.45) is 0. The van der Waals surface area contributed by atoms with Crippen molar-refractivity contribution in [1.29, 1.82) is 0 Å². The number of anilines is 2. The minimum Gasteiger partial charge on any atom is -0.332 e. The Hall–Kier alpha value is -1.98. The number of benzene rings is 2. The Bertz CT molecular complexity index is 789. The highest BCUT2D eigenvalue weighted by Crippen LogP contribution is 2.29. The molecule has 0 bridgehead atoms. The van der Waals surface area contributed by atoms with Crippen molar-refractivity contribution in [2.75, 3.05) is 5.32 Å². The molecule has 0 spiro atoms. The number of aromatic nitrogens is 1. The molecule has 0 saturated heterocycles. The van der Waals surface area contributed by atoms with E-state index in [1.165, 1.54) is 23.5 Å². The number of hydrogen-bond donors (Lipinski definition) is 1. The third kappa shape index (κ3) is 3.61. The Morgan fingerprint density at radius 3 is 2.64 bits per heavy atom. The number of thiazole rings is 1. The fourth-order valence-electron chi connectivity index (χ4n) is 2.00. The summed E-state index contributed by atoms with van der Waals surface area (Å²) in [7, 11) is 0. The Morgan fingerprint density at radius 1 is 1.09 bits per heavy atom. The van der Waals surface area contributed by atoms with Crippen LogP contribution in [0.5, 0.6) is 0 Å². The second kappa shape index (κ2) is 6.85. The van der Waals surface area contributed by atoms with Crippen LogP contribution in [0.25, 0.3) is 11.3 Å². The van der Waals surface area contributed by atoms with Gasteiger partial charge in [0.25, 0.3) is 0 Å². The van der Waals surface area contributed by atoms with E-state index in [9.17, 15) is 8.78 Å². The van der Waals surface area contributed by atoms with E-state index in [1.54, 1.807) is 5.38 Å². The van der Waals surface area contributed by atoms with Crippen LogP contribution in [0.15, 0.2) is 47.8 Å². The Morgan fingerprint density at radius 2 is 1.91 bits per heavy atom. The van der Waals surface area contributed by atoms with Crippen LogP contribution in [0.4, 0.5) is 19.6 Å². The van der Waals surface area contributed by atoms with E-state index in [0.29, 0.717) is 16.4 Å². The topological polar surface area (TPSA) is 24.9 Å². The highest BCUT2D eigenvalue weighted by Gasteiger charge is 2.10. The van der Waals surface area contributed by atoms with Gasteiger partial charge in [-0.3, -0.25) is 0 Å². The van der Waals surface area contributed by atoms with Crippen molar-refractivity contribution in [2.24, 2.45) is 0 Å². The van der Waals surface area contributed by atoms with E-state index in [0.717, 1.165) is 17.3 Å². The van der Waals surface area contributed by atoms with Gasteiger partial charge in [0.05, 0.1) is 5.69 Å². The number of nitrogens with one attached hydrogen (secondary N) is 1. The molecule has 3 rings (SSSR count). The van der Waals surface area contributed by atoms with Crippen molar-refractivity contribution in [3.8, 4) is 11.3 Å². The predicted molar refractivity (Wildman–Crippen MR) is 89.2 cm³/mol. The molecule has 0 unspecified atom stereocenters. The monoisotopic (exact) mass is 338 g/mol. The first kappa shape index (κ1) is 16.4. The van der Waals surface area contributed by atoms with Crippen molar-refractivity contribution in [1.82, 2.24) is 4.98 Å². The van der Waals surface area contributed by atoms with Crippen molar-refractivity contribution in [3.63, 3.8) is 0 Å². The summed E-state index contributed by atoms with van der Waals surface area (Å²) in [6, 6.07) is 11.4. The number of nitrogens with zero attached hydrogens (tertiary/aromatic N) is 1. The van der Waals surface area contributed by atoms with Gasteiger partial charge in [-0.2, -0.15) is 0 Å². The maximum absolute atomic E-state index is 13.7. The Balaban J connectivity index is 0.00000176. The molecule has 0 aliphatic rings. The third-order valence-electron chi connectivity index (χ3n) is 2.98. The van der Waals surface area contributed by atoms with Crippen LogP contribution in [0.1, 0.15) is 5.56 Å². The number of rotatable bonds is 3. The van der Waals surface area contributed by atoms with E-state index in [-0.39, 0.29) is 12.4 Å². The van der Waals surface area contributed by atoms with E-state index >= 15 is 0 Å². The molecule has 0 saturated carbocycles. The molecular weight excluding hydrogens is 326 g/mol. The lowest BCUT2D eigenvalue weighted by molar-refractivity contribution is 0.585. The van der Waals surface area contributed by atoms with Crippen LogP contribution < -0.4 is 5.32 Å². The number of halogens is 3. The number of hydrogen-bond acceptors (Lipinski definition) is 3. The summed E-state index contributed by atoms with van der Waals surface area (Å²) in [5, 5.41) is 5.59. The lowest BCUT2D eigenvalue weighted by atomic mass is 10.1. The molecule has 1 aromatic heterocycles. The summed E-state index contributed by atoms with van der Waals surface area (Å²) >= 11 is 1.38. The van der Waals surface area contributed by atoms with Gasteiger partial charge < -0.3 is 5.32 Å². The molecule has 0 radical (unpaired) electrons. The molecular formula is C16H13ClF2N2S. The summed E-state index contributed by atoms with van der Waals surface area (Å²) in [5.41, 5.74) is 2.86. The maximum Gasteiger partial charge on any atom is 0.187 e. The minimum absolute atomic E-state index is 0. The lowest BCUT2D eigenvalue weighted by Gasteiger charge is -2.03. The zero-order chi connectivity index (χ0) is 14.8. The molecule has 2 nitrogen and oxygen atoms in total. The molecule has 0 fully saturated rings. The van der Waals surface area contributed by atoms with E-state index in [1.807, 2.05) is 31.2 Å². The van der Waals surface area contributed by atoms with Gasteiger partial charge in [0, 0.05) is 22.7 Å². The van der Waals surface area contributed by atoms with E-state index < -0.39 is 11.6 Å². The first-order valence-corrected chi connectivity index (χ1v) is 7.24. The van der Waals surface area contributed by atoms with Gasteiger partial charge >= 0.3 is 0 Å². The second-order valence-electron chi connectivity index (χ2n) is 4.66. The molecule has 6 heteroatoms. The average molecular weight is 339 g/mol. The fraction of sp³-hybridized carbons (Fsp3) is 0.0625. The van der Waals surface area contributed by atoms with Crippen LogP contribution in [-0.4, -0.2) is 4.98 Å². The zero-order valence-electron chi connectivity index (χ0n) is 11.6. The molecule has 0 atom stereocenters. The van der Waals surface area contributed by atoms with Crippen LogP contribution in [0.3, 0.4) is 0 Å². The van der Waals surface area contributed by atoms with Gasteiger partial charge in [-0.25, -0.2) is 13.8 Å². The molecule has 2 aromatic carbocycles. The fourth-order valence-corrected chi connectivity index (χ4v) is 2.73. The quantitative estimate of drug-likeness (QED) is 0.676. The van der Waals surface area contributed by atoms with Crippen molar-refractivity contribution in [3.05, 3.63) is 65.0 Å². The van der Waals surface area contributed by atoms with Crippen molar-refractivity contribution < 1.29 is 8.78 Å². The predicted octanol–water partition coefficient (Wildman–Crippen LogP) is 5.56. The molecule has 0 aliphatic heterocycles. The Labute approximate surface area is 137 Å². The van der Waals surface area contributed by atoms with Gasteiger partial charge in [-0.15, -0.1) is 23.7 Å². The molecule has 22 heavy (non-hydrogen) atoms. The van der Waals surface area contributed by atoms with Crippen LogP contribution in [0.2, 0.25) is 0 Å². The van der Waals surface area contributed by atoms with Gasteiger partial charge in [-0.1, -0.05) is 12.1 Å². The van der Waals surface area contributed by atoms with Crippen LogP contribution >= 0.6 is 23.7 Å². The normalized spacial score (nSPS) is 10.1. The first-order valence-electron chi connectivity index (χ1n) is 6.36. The largest absolute Gasteiger partial charge is 0.332 e. The summed E-state index contributed by atoms with van der Waals surface area (Å²) in [4.78, 5) is 4.34. The van der Waals surface area contributed by atoms with Crippen molar-refractivity contribution >= 4 is 34.6 Å². The molecule has 3 aromatic rings. The van der Waals surface area contributed by atoms with Crippen molar-refractivity contribution in [2.45, 2.75) is 6.92 Å². The maximum atomic E-state index is 13.7. The van der Waals surface area contributed by atoms with Crippen LogP contribution in [-0.2, 0) is 0 Å². The van der Waals surface area contributed by atoms with Gasteiger partial charge in [-0.05, 0) is 36.8 Å². The van der Waals surface area contributed by atoms with Gasteiger partial charge in [0.1, 0.15) is 11.6 Å². The lowest BCUT2D eigenvalue weighted by Crippen LogP contribution is -1.91. The smallest absolute Gasteiger partial charge is 0.187 e. The second-order valence-corrected chi connectivity index (χ2v) is 5.51. The van der Waals surface area contributed by atoms with Gasteiger partial charge in [0.2, 0.25) is 0 Å². The highest BCUT2D eigenvalue weighted by atomic mass is 35.5. The average Bonchev–Trinajstić information content (AvgIpc) is 2.87. The molecule has 0 amide bonds. The molecule has 114 valence electrons. The standard InChI is InChI=1S/C16H12F2N2S.ClH/c1-10-3-2-4-12(7-10)19-16-20-15(9-21-16)13-6-5-11(17)8-14(13)18;/h2-9H,1H3,(H,19,20);1H. The zero-order valence-corrected chi connectivity index (χ0v) is 13.3. The third-order valence-corrected chi connectivity index (χ3v) is 3.74. The SMILES string of the molecule is Cc1cccc(Nc2nc(-c3ccc(F)cc3F)cs2)c1.Cl. The van der Waals surface area contributed by atoms with Crippen LogP contribution in [0, 0.1) is 18.6 Å². The molecule has 0 aliphatic carbocycles. The van der Waals surface area contributed by atoms with E-state index in [4.69, 9.17) is 0 Å². The van der Waals surface area contributed by atoms with E-state index in [2.05, 4.69) is 10.3 Å². The highest BCUT2D eigenvalue weighted by molar-refractivity contribution is 7.14. The summed E-state index contributed by atoms with van der Waals surface area (Å²) in [6.45, 7) is 2.01. The first-order chi connectivity index (χ1) is 10.1. The number of aryl methyl sites for hydroxylation is 1. The molecule has 1 N–H and O–H groups in total. The van der Waals surface area contributed by atoms with Gasteiger partial charge in [0.15, 0.2) is 5.13 Å².